The number of carbonyl (C=O) groups is 1. The van der Waals surface area contributed by atoms with Crippen molar-refractivity contribution in [3.8, 4) is 17.2 Å². The Morgan fingerprint density at radius 2 is 1.92 bits per heavy atom. The largest absolute Gasteiger partial charge is 0.454 e. The van der Waals surface area contributed by atoms with Crippen LogP contribution in [0.5, 0.6) is 17.2 Å². The lowest BCUT2D eigenvalue weighted by Gasteiger charge is -2.06. The average Bonchev–Trinajstić information content (AvgIpc) is 3.05. The summed E-state index contributed by atoms with van der Waals surface area (Å²) in [5, 5.41) is 7.47. The van der Waals surface area contributed by atoms with Crippen LogP contribution < -0.4 is 19.8 Å². The van der Waals surface area contributed by atoms with Crippen molar-refractivity contribution in [1.82, 2.24) is 10.2 Å². The number of carbonyl (C=O) groups excluding carboxylic acids is 1. The van der Waals surface area contributed by atoms with Crippen molar-refractivity contribution >= 4 is 16.7 Å². The van der Waals surface area contributed by atoms with E-state index in [1.54, 1.807) is 42.5 Å². The van der Waals surface area contributed by atoms with Crippen LogP contribution in [0.1, 0.15) is 5.69 Å². The molecular formula is C17H12N2O5. The highest BCUT2D eigenvalue weighted by atomic mass is 16.7. The standard InChI is InChI=1S/C17H12N2O5/c20-16(24-10-5-6-14-15(7-10)23-9-22-14)8-13-11-3-1-2-4-12(11)17(21)19-18-13/h1-7H,8-9H2,(H,19,21). The predicted molar refractivity (Wildman–Crippen MR) is 84.3 cm³/mol. The zero-order chi connectivity index (χ0) is 16.5. The maximum Gasteiger partial charge on any atom is 0.317 e. The fourth-order valence-corrected chi connectivity index (χ4v) is 2.55. The molecule has 0 radical (unpaired) electrons. The Kier molecular flexibility index (Phi) is 3.38. The highest BCUT2D eigenvalue weighted by molar-refractivity contribution is 5.87. The molecule has 1 aliphatic heterocycles. The van der Waals surface area contributed by atoms with E-state index in [-0.39, 0.29) is 18.8 Å². The van der Waals surface area contributed by atoms with Gasteiger partial charge in [-0.3, -0.25) is 9.59 Å². The van der Waals surface area contributed by atoms with Crippen LogP contribution in [0.25, 0.3) is 10.8 Å². The second kappa shape index (κ2) is 5.69. The molecule has 120 valence electrons. The second-order valence-corrected chi connectivity index (χ2v) is 5.21. The Bertz CT molecular complexity index is 996. The zero-order valence-electron chi connectivity index (χ0n) is 12.4. The van der Waals surface area contributed by atoms with Crippen LogP contribution in [0.3, 0.4) is 0 Å². The summed E-state index contributed by atoms with van der Waals surface area (Å²) in [4.78, 5) is 23.9. The normalized spacial score (nSPS) is 12.3. The Morgan fingerprint density at radius 1 is 1.12 bits per heavy atom. The molecule has 24 heavy (non-hydrogen) atoms. The molecule has 0 atom stereocenters. The van der Waals surface area contributed by atoms with Crippen LogP contribution in [0, 0.1) is 0 Å². The maximum absolute atomic E-state index is 12.2. The summed E-state index contributed by atoms with van der Waals surface area (Å²) in [6.07, 6.45) is -0.0638. The van der Waals surface area contributed by atoms with Crippen LogP contribution >= 0.6 is 0 Å². The number of hydrogen-bond acceptors (Lipinski definition) is 6. The molecule has 1 aliphatic rings. The quantitative estimate of drug-likeness (QED) is 0.583. The number of aromatic nitrogens is 2. The number of benzene rings is 2. The minimum atomic E-state index is -0.487. The van der Waals surface area contributed by atoms with Gasteiger partial charge in [0, 0.05) is 11.5 Å². The third-order valence-electron chi connectivity index (χ3n) is 3.66. The zero-order valence-corrected chi connectivity index (χ0v) is 12.4. The predicted octanol–water partition coefficient (Wildman–Crippen LogP) is 1.80. The van der Waals surface area contributed by atoms with Gasteiger partial charge in [-0.1, -0.05) is 18.2 Å². The van der Waals surface area contributed by atoms with E-state index in [0.29, 0.717) is 33.7 Å². The number of esters is 1. The molecule has 3 aromatic rings. The lowest BCUT2D eigenvalue weighted by molar-refractivity contribution is -0.133. The van der Waals surface area contributed by atoms with E-state index >= 15 is 0 Å². The molecule has 0 spiro atoms. The highest BCUT2D eigenvalue weighted by Gasteiger charge is 2.16. The van der Waals surface area contributed by atoms with E-state index in [4.69, 9.17) is 14.2 Å². The summed E-state index contributed by atoms with van der Waals surface area (Å²) in [7, 11) is 0. The van der Waals surface area contributed by atoms with Crippen molar-refractivity contribution in [3.63, 3.8) is 0 Å². The summed E-state index contributed by atoms with van der Waals surface area (Å²) in [5.41, 5.74) is 0.162. The Hall–Kier alpha value is -3.35. The Balaban J connectivity index is 1.57. The van der Waals surface area contributed by atoms with Crippen LogP contribution in [0.4, 0.5) is 0 Å². The average molecular weight is 324 g/mol. The minimum Gasteiger partial charge on any atom is -0.454 e. The van der Waals surface area contributed by atoms with E-state index in [9.17, 15) is 9.59 Å². The number of ether oxygens (including phenoxy) is 3. The molecule has 4 rings (SSSR count). The summed E-state index contributed by atoms with van der Waals surface area (Å²) in [6, 6.07) is 11.9. The minimum absolute atomic E-state index is 0.0638. The van der Waals surface area contributed by atoms with Gasteiger partial charge in [0.05, 0.1) is 17.5 Å². The number of rotatable bonds is 3. The molecule has 0 saturated heterocycles. The van der Waals surface area contributed by atoms with Gasteiger partial charge in [0.1, 0.15) is 5.75 Å². The maximum atomic E-state index is 12.2. The number of hydrogen-bond donors (Lipinski definition) is 1. The number of aromatic amines is 1. The van der Waals surface area contributed by atoms with Gasteiger partial charge in [-0.2, -0.15) is 5.10 Å². The molecule has 2 aromatic carbocycles. The molecule has 2 heterocycles. The first-order valence-corrected chi connectivity index (χ1v) is 7.27. The smallest absolute Gasteiger partial charge is 0.317 e. The number of H-pyrrole nitrogens is 1. The topological polar surface area (TPSA) is 90.5 Å². The van der Waals surface area contributed by atoms with Gasteiger partial charge in [-0.15, -0.1) is 0 Å². The van der Waals surface area contributed by atoms with Crippen molar-refractivity contribution in [2.24, 2.45) is 0 Å². The van der Waals surface area contributed by atoms with Crippen molar-refractivity contribution < 1.29 is 19.0 Å². The number of fused-ring (bicyclic) bond motifs is 2. The van der Waals surface area contributed by atoms with Crippen molar-refractivity contribution in [2.75, 3.05) is 6.79 Å². The second-order valence-electron chi connectivity index (χ2n) is 5.21. The SMILES string of the molecule is O=C(Cc1n[nH]c(=O)c2ccccc12)Oc1ccc2c(c1)OCO2. The highest BCUT2D eigenvalue weighted by Crippen LogP contribution is 2.35. The molecule has 0 saturated carbocycles. The van der Waals surface area contributed by atoms with Crippen LogP contribution in [-0.2, 0) is 11.2 Å². The molecule has 0 aliphatic carbocycles. The van der Waals surface area contributed by atoms with Gasteiger partial charge in [0.2, 0.25) is 6.79 Å². The van der Waals surface area contributed by atoms with Crippen molar-refractivity contribution in [1.29, 1.82) is 0 Å². The van der Waals surface area contributed by atoms with E-state index in [1.807, 2.05) is 0 Å². The summed E-state index contributed by atoms with van der Waals surface area (Å²) in [5.74, 6) is 1.02. The molecule has 1 N–H and O–H groups in total. The molecule has 0 unspecified atom stereocenters. The molecule has 7 heteroatoms. The Labute approximate surface area is 135 Å². The first-order valence-electron chi connectivity index (χ1n) is 7.27. The molecular weight excluding hydrogens is 312 g/mol. The Morgan fingerprint density at radius 3 is 2.79 bits per heavy atom. The monoisotopic (exact) mass is 324 g/mol. The summed E-state index contributed by atoms with van der Waals surface area (Å²) in [6.45, 7) is 0.153. The third kappa shape index (κ3) is 2.56. The van der Waals surface area contributed by atoms with Gasteiger partial charge >= 0.3 is 5.97 Å². The first-order chi connectivity index (χ1) is 11.7. The van der Waals surface area contributed by atoms with E-state index in [1.165, 1.54) is 0 Å². The van der Waals surface area contributed by atoms with Gasteiger partial charge in [-0.25, -0.2) is 5.10 Å². The lowest BCUT2D eigenvalue weighted by atomic mass is 10.1. The van der Waals surface area contributed by atoms with Crippen molar-refractivity contribution in [2.45, 2.75) is 6.42 Å². The van der Waals surface area contributed by atoms with E-state index in [0.717, 1.165) is 0 Å². The summed E-state index contributed by atoms with van der Waals surface area (Å²) >= 11 is 0. The van der Waals surface area contributed by atoms with Crippen LogP contribution in [-0.4, -0.2) is 23.0 Å². The number of nitrogens with one attached hydrogen (secondary N) is 1. The van der Waals surface area contributed by atoms with Gasteiger partial charge in [0.15, 0.2) is 11.5 Å². The van der Waals surface area contributed by atoms with Crippen LogP contribution in [0.15, 0.2) is 47.3 Å². The lowest BCUT2D eigenvalue weighted by Crippen LogP contribution is -2.16. The van der Waals surface area contributed by atoms with E-state index in [2.05, 4.69) is 10.2 Å². The van der Waals surface area contributed by atoms with E-state index < -0.39 is 5.97 Å². The molecule has 0 bridgehead atoms. The number of nitrogens with zero attached hydrogens (tertiary/aromatic N) is 1. The molecule has 7 nitrogen and oxygen atoms in total. The van der Waals surface area contributed by atoms with Crippen molar-refractivity contribution in [3.05, 3.63) is 58.5 Å². The first kappa shape index (κ1) is 14.3. The molecule has 0 amide bonds. The van der Waals surface area contributed by atoms with Gasteiger partial charge < -0.3 is 14.2 Å². The fraction of sp³-hybridized carbons (Fsp3) is 0.118. The fourth-order valence-electron chi connectivity index (χ4n) is 2.55. The third-order valence-corrected chi connectivity index (χ3v) is 3.66. The van der Waals surface area contributed by atoms with Gasteiger partial charge in [0.25, 0.3) is 5.56 Å². The van der Waals surface area contributed by atoms with Crippen LogP contribution in [0.2, 0.25) is 0 Å². The summed E-state index contributed by atoms with van der Waals surface area (Å²) < 4.78 is 15.8. The molecule has 0 fully saturated rings. The van der Waals surface area contributed by atoms with Gasteiger partial charge in [-0.05, 0) is 18.2 Å². The molecule has 1 aromatic heterocycles.